The number of rotatable bonds is 5. The molecular formula is C14H21NO3S. The van der Waals surface area contributed by atoms with Gasteiger partial charge in [-0.3, -0.25) is 9.69 Å². The van der Waals surface area contributed by atoms with E-state index in [0.29, 0.717) is 19.1 Å². The van der Waals surface area contributed by atoms with Gasteiger partial charge in [-0.2, -0.15) is 0 Å². The molecule has 1 saturated heterocycles. The van der Waals surface area contributed by atoms with E-state index in [1.807, 2.05) is 13.1 Å². The lowest BCUT2D eigenvalue weighted by atomic mass is 9.95. The number of aliphatic carboxylic acids is 1. The summed E-state index contributed by atoms with van der Waals surface area (Å²) in [5.74, 6) is -0.757. The maximum absolute atomic E-state index is 11.3. The molecular weight excluding hydrogens is 262 g/mol. The van der Waals surface area contributed by atoms with Crippen LogP contribution in [0, 0.1) is 11.8 Å². The van der Waals surface area contributed by atoms with Crippen LogP contribution < -0.4 is 0 Å². The van der Waals surface area contributed by atoms with Crippen molar-refractivity contribution in [3.8, 4) is 0 Å². The highest BCUT2D eigenvalue weighted by atomic mass is 32.1. The predicted molar refractivity (Wildman–Crippen MR) is 75.4 cm³/mol. The van der Waals surface area contributed by atoms with Crippen LogP contribution in [0.2, 0.25) is 0 Å². The van der Waals surface area contributed by atoms with Gasteiger partial charge in [-0.15, -0.1) is 11.3 Å². The first-order valence-electron chi connectivity index (χ1n) is 6.58. The van der Waals surface area contributed by atoms with E-state index in [0.717, 1.165) is 0 Å². The van der Waals surface area contributed by atoms with Gasteiger partial charge in [0.1, 0.15) is 0 Å². The van der Waals surface area contributed by atoms with Crippen LogP contribution in [0.25, 0.3) is 0 Å². The van der Waals surface area contributed by atoms with Gasteiger partial charge in [-0.1, -0.05) is 19.9 Å². The molecule has 4 nitrogen and oxygen atoms in total. The summed E-state index contributed by atoms with van der Waals surface area (Å²) in [5.41, 5.74) is 0. The molecule has 19 heavy (non-hydrogen) atoms. The summed E-state index contributed by atoms with van der Waals surface area (Å²) in [6.45, 7) is 5.17. The average Bonchev–Trinajstić information content (AvgIpc) is 2.98. The quantitative estimate of drug-likeness (QED) is 0.902. The fourth-order valence-corrected chi connectivity index (χ4v) is 3.89. The Hall–Kier alpha value is -0.910. The molecule has 1 aromatic heterocycles. The van der Waals surface area contributed by atoms with E-state index in [9.17, 15) is 9.90 Å². The van der Waals surface area contributed by atoms with Crippen molar-refractivity contribution in [1.82, 2.24) is 4.90 Å². The Bertz CT molecular complexity index is 418. The Morgan fingerprint density at radius 1 is 1.53 bits per heavy atom. The minimum absolute atomic E-state index is 0.0491. The third-order valence-corrected chi connectivity index (χ3v) is 4.74. The second-order valence-corrected chi connectivity index (χ2v) is 6.40. The first-order chi connectivity index (χ1) is 9.02. The summed E-state index contributed by atoms with van der Waals surface area (Å²) in [7, 11) is 2.01. The Morgan fingerprint density at radius 3 is 2.79 bits per heavy atom. The van der Waals surface area contributed by atoms with Gasteiger partial charge >= 0.3 is 5.97 Å². The zero-order valence-corrected chi connectivity index (χ0v) is 12.4. The summed E-state index contributed by atoms with van der Waals surface area (Å²) < 4.78 is 5.38. The SMILES string of the molecule is CC(C)C(c1cccs1)N(C)C1COCC1C(=O)O. The van der Waals surface area contributed by atoms with Crippen LogP contribution in [-0.2, 0) is 9.53 Å². The monoisotopic (exact) mass is 283 g/mol. The lowest BCUT2D eigenvalue weighted by Crippen LogP contribution is -2.44. The lowest BCUT2D eigenvalue weighted by molar-refractivity contribution is -0.143. The van der Waals surface area contributed by atoms with Gasteiger partial charge < -0.3 is 9.84 Å². The highest BCUT2D eigenvalue weighted by molar-refractivity contribution is 7.10. The molecule has 5 heteroatoms. The molecule has 0 bridgehead atoms. The molecule has 0 amide bonds. The van der Waals surface area contributed by atoms with Crippen molar-refractivity contribution in [3.63, 3.8) is 0 Å². The maximum atomic E-state index is 11.3. The molecule has 1 fully saturated rings. The van der Waals surface area contributed by atoms with E-state index < -0.39 is 11.9 Å². The van der Waals surface area contributed by atoms with Crippen molar-refractivity contribution >= 4 is 17.3 Å². The molecule has 2 heterocycles. The van der Waals surface area contributed by atoms with E-state index in [1.165, 1.54) is 4.88 Å². The first-order valence-corrected chi connectivity index (χ1v) is 7.46. The maximum Gasteiger partial charge on any atom is 0.310 e. The number of ether oxygens (including phenoxy) is 1. The average molecular weight is 283 g/mol. The number of hydrogen-bond donors (Lipinski definition) is 1. The molecule has 1 aliphatic heterocycles. The minimum atomic E-state index is -0.761. The number of thiophene rings is 1. The van der Waals surface area contributed by atoms with Crippen LogP contribution in [0.3, 0.4) is 0 Å². The zero-order chi connectivity index (χ0) is 14.0. The molecule has 1 aliphatic rings. The fraction of sp³-hybridized carbons (Fsp3) is 0.643. The van der Waals surface area contributed by atoms with Gasteiger partial charge in [0, 0.05) is 17.0 Å². The van der Waals surface area contributed by atoms with Gasteiger partial charge in [0.2, 0.25) is 0 Å². The normalized spacial score (nSPS) is 25.1. The molecule has 2 rings (SSSR count). The second-order valence-electron chi connectivity index (χ2n) is 5.42. The molecule has 0 saturated carbocycles. The van der Waals surface area contributed by atoms with E-state index in [2.05, 4.69) is 30.2 Å². The van der Waals surface area contributed by atoms with Crippen molar-refractivity contribution in [2.24, 2.45) is 11.8 Å². The van der Waals surface area contributed by atoms with Crippen LogP contribution in [0.15, 0.2) is 17.5 Å². The van der Waals surface area contributed by atoms with Crippen molar-refractivity contribution < 1.29 is 14.6 Å². The first kappa shape index (κ1) is 14.5. The highest BCUT2D eigenvalue weighted by Crippen LogP contribution is 2.34. The smallest absolute Gasteiger partial charge is 0.310 e. The summed E-state index contributed by atoms with van der Waals surface area (Å²) in [6, 6.07) is 4.36. The number of likely N-dealkylation sites (N-methyl/N-ethyl adjacent to an activating group) is 1. The number of carbonyl (C=O) groups is 1. The fourth-order valence-electron chi connectivity index (χ4n) is 2.85. The third kappa shape index (κ3) is 2.99. The Labute approximate surface area is 118 Å². The van der Waals surface area contributed by atoms with Crippen molar-refractivity contribution in [1.29, 1.82) is 0 Å². The van der Waals surface area contributed by atoms with E-state index in [-0.39, 0.29) is 12.1 Å². The predicted octanol–water partition coefficient (Wildman–Crippen LogP) is 2.48. The number of carboxylic acids is 1. The van der Waals surface area contributed by atoms with Gasteiger partial charge in [0.15, 0.2) is 0 Å². The van der Waals surface area contributed by atoms with Crippen LogP contribution in [0.4, 0.5) is 0 Å². The number of nitrogens with zero attached hydrogens (tertiary/aromatic N) is 1. The third-order valence-electron chi connectivity index (χ3n) is 3.80. The molecule has 1 aromatic rings. The van der Waals surface area contributed by atoms with E-state index >= 15 is 0 Å². The van der Waals surface area contributed by atoms with Crippen LogP contribution in [0.1, 0.15) is 24.8 Å². The molecule has 3 atom stereocenters. The molecule has 3 unspecified atom stereocenters. The largest absolute Gasteiger partial charge is 0.481 e. The number of hydrogen-bond acceptors (Lipinski definition) is 4. The van der Waals surface area contributed by atoms with Crippen molar-refractivity contribution in [2.75, 3.05) is 20.3 Å². The molecule has 1 N–H and O–H groups in total. The molecule has 0 aromatic carbocycles. The molecule has 0 aliphatic carbocycles. The molecule has 0 spiro atoms. The molecule has 0 radical (unpaired) electrons. The van der Waals surface area contributed by atoms with E-state index in [4.69, 9.17) is 4.74 Å². The Balaban J connectivity index is 2.20. The topological polar surface area (TPSA) is 49.8 Å². The van der Waals surface area contributed by atoms with Crippen molar-refractivity contribution in [3.05, 3.63) is 22.4 Å². The lowest BCUT2D eigenvalue weighted by Gasteiger charge is -2.36. The van der Waals surface area contributed by atoms with Gasteiger partial charge in [0.25, 0.3) is 0 Å². The van der Waals surface area contributed by atoms with Gasteiger partial charge in [-0.05, 0) is 24.4 Å². The van der Waals surface area contributed by atoms with Gasteiger partial charge in [0.05, 0.1) is 19.1 Å². The Morgan fingerprint density at radius 2 is 2.26 bits per heavy atom. The highest BCUT2D eigenvalue weighted by Gasteiger charge is 2.40. The zero-order valence-electron chi connectivity index (χ0n) is 11.6. The summed E-state index contributed by atoms with van der Waals surface area (Å²) in [4.78, 5) is 14.8. The Kier molecular flexibility index (Phi) is 4.60. The number of carboxylic acid groups (broad SMARTS) is 1. The van der Waals surface area contributed by atoms with E-state index in [1.54, 1.807) is 11.3 Å². The standard InChI is InChI=1S/C14H21NO3S/c1-9(2)13(12-5-4-6-19-12)15(3)11-8-18-7-10(11)14(16)17/h4-6,9-11,13H,7-8H2,1-3H3,(H,16,17). The second kappa shape index (κ2) is 6.03. The minimum Gasteiger partial charge on any atom is -0.481 e. The van der Waals surface area contributed by atoms with Crippen LogP contribution >= 0.6 is 11.3 Å². The summed E-state index contributed by atoms with van der Waals surface area (Å²) >= 11 is 1.73. The van der Waals surface area contributed by atoms with Gasteiger partial charge in [-0.25, -0.2) is 0 Å². The summed E-state index contributed by atoms with van der Waals surface area (Å²) in [6.07, 6.45) is 0. The molecule has 106 valence electrons. The van der Waals surface area contributed by atoms with Crippen LogP contribution in [-0.4, -0.2) is 42.3 Å². The van der Waals surface area contributed by atoms with Crippen molar-refractivity contribution in [2.45, 2.75) is 25.9 Å². The van der Waals surface area contributed by atoms with Crippen LogP contribution in [0.5, 0.6) is 0 Å². The summed E-state index contributed by atoms with van der Waals surface area (Å²) in [5, 5.41) is 11.3.